The average molecular weight is 271 g/mol. The molecule has 0 aliphatic heterocycles. The summed E-state index contributed by atoms with van der Waals surface area (Å²) in [6.07, 6.45) is 0. The zero-order valence-corrected chi connectivity index (χ0v) is 11.4. The molecule has 0 aromatic heterocycles. The van der Waals surface area contributed by atoms with E-state index in [4.69, 9.17) is 9.29 Å². The third kappa shape index (κ3) is 3.82. The fraction of sp³-hybridized carbons (Fsp3) is 0.417. The van der Waals surface area contributed by atoms with E-state index >= 15 is 0 Å². The summed E-state index contributed by atoms with van der Waals surface area (Å²) in [5.74, 6) is -0.347. The van der Waals surface area contributed by atoms with Crippen LogP contribution in [0.15, 0.2) is 29.2 Å². The first-order valence-corrected chi connectivity index (χ1v) is 6.64. The molecule has 1 aromatic rings. The molecule has 18 heavy (non-hydrogen) atoms. The van der Waals surface area contributed by atoms with Crippen molar-refractivity contribution in [3.05, 3.63) is 24.3 Å². The van der Waals surface area contributed by atoms with Gasteiger partial charge in [-0.15, -0.1) is 0 Å². The van der Waals surface area contributed by atoms with Gasteiger partial charge in [0.1, 0.15) is 5.54 Å². The number of carbonyl (C=O) groups excluding carboxylic acids is 1. The molecule has 0 spiro atoms. The zero-order chi connectivity index (χ0) is 13.8. The second-order valence-electron chi connectivity index (χ2n) is 4.24. The minimum atomic E-state index is -1.99. The van der Waals surface area contributed by atoms with Gasteiger partial charge in [-0.3, -0.25) is 0 Å². The lowest BCUT2D eigenvalue weighted by Crippen LogP contribution is -2.41. The molecule has 1 rings (SSSR count). The molecule has 1 atom stereocenters. The maximum Gasteiger partial charge on any atom is 0.331 e. The van der Waals surface area contributed by atoms with Crippen molar-refractivity contribution in [2.24, 2.45) is 0 Å². The molecule has 0 saturated heterocycles. The highest BCUT2D eigenvalue weighted by Gasteiger charge is 2.28. The van der Waals surface area contributed by atoms with Crippen molar-refractivity contribution in [2.45, 2.75) is 31.2 Å². The predicted molar refractivity (Wildman–Crippen MR) is 69.8 cm³/mol. The first-order valence-electron chi connectivity index (χ1n) is 5.53. The van der Waals surface area contributed by atoms with Gasteiger partial charge in [-0.05, 0) is 45.0 Å². The van der Waals surface area contributed by atoms with Gasteiger partial charge in [0.25, 0.3) is 0 Å². The van der Waals surface area contributed by atoms with Crippen LogP contribution in [0.5, 0.6) is 0 Å². The Morgan fingerprint density at radius 1 is 1.39 bits per heavy atom. The van der Waals surface area contributed by atoms with Crippen molar-refractivity contribution < 1.29 is 18.3 Å². The second kappa shape index (κ2) is 5.97. The Hall–Kier alpha value is -1.40. The predicted octanol–water partition coefficient (Wildman–Crippen LogP) is 2.02. The van der Waals surface area contributed by atoms with E-state index in [0.717, 1.165) is 0 Å². The summed E-state index contributed by atoms with van der Waals surface area (Å²) in [4.78, 5) is 12.0. The molecule has 5 nitrogen and oxygen atoms in total. The molecule has 100 valence electrons. The Kier molecular flexibility index (Phi) is 4.86. The molecule has 2 N–H and O–H groups in total. The zero-order valence-electron chi connectivity index (χ0n) is 10.6. The van der Waals surface area contributed by atoms with Crippen LogP contribution in [0.4, 0.5) is 5.69 Å². The van der Waals surface area contributed by atoms with E-state index in [2.05, 4.69) is 5.32 Å². The number of hydrogen-bond donors (Lipinski definition) is 2. The van der Waals surface area contributed by atoms with Gasteiger partial charge in [0.2, 0.25) is 0 Å². The van der Waals surface area contributed by atoms with Gasteiger partial charge >= 0.3 is 5.97 Å². The lowest BCUT2D eigenvalue weighted by Gasteiger charge is -2.25. The Morgan fingerprint density at radius 2 is 1.94 bits per heavy atom. The molecule has 0 fully saturated rings. The number of carbonyl (C=O) groups is 1. The normalized spacial score (nSPS) is 12.9. The van der Waals surface area contributed by atoms with Crippen LogP contribution in [0, 0.1) is 0 Å². The van der Waals surface area contributed by atoms with Crippen LogP contribution in [0.1, 0.15) is 20.8 Å². The standard InChI is InChI=1S/C12H17NO4S/c1-4-17-11(14)12(2,3)13-9-5-7-10(8-6-9)18(15)16/h5-8,13H,4H2,1-3H3,(H,15,16). The number of esters is 1. The van der Waals surface area contributed by atoms with E-state index in [1.165, 1.54) is 12.1 Å². The van der Waals surface area contributed by atoms with Crippen molar-refractivity contribution in [2.75, 3.05) is 11.9 Å². The van der Waals surface area contributed by atoms with Crippen molar-refractivity contribution in [3.8, 4) is 0 Å². The molecular formula is C12H17NO4S. The molecule has 1 unspecified atom stereocenters. The van der Waals surface area contributed by atoms with Crippen LogP contribution in [0.2, 0.25) is 0 Å². The number of ether oxygens (including phenoxy) is 1. The fourth-order valence-electron chi connectivity index (χ4n) is 1.38. The number of nitrogens with one attached hydrogen (secondary N) is 1. The molecule has 0 aliphatic rings. The van der Waals surface area contributed by atoms with Gasteiger partial charge in [0.15, 0.2) is 11.1 Å². The minimum Gasteiger partial charge on any atom is -0.464 e. The smallest absolute Gasteiger partial charge is 0.331 e. The van der Waals surface area contributed by atoms with Gasteiger partial charge in [-0.1, -0.05) is 0 Å². The minimum absolute atomic E-state index is 0.314. The summed E-state index contributed by atoms with van der Waals surface area (Å²) in [6.45, 7) is 5.50. The quantitative estimate of drug-likeness (QED) is 0.633. The maximum atomic E-state index is 11.7. The molecule has 0 bridgehead atoms. The molecule has 6 heteroatoms. The monoisotopic (exact) mass is 271 g/mol. The third-order valence-electron chi connectivity index (χ3n) is 2.30. The van der Waals surface area contributed by atoms with Crippen molar-refractivity contribution in [1.29, 1.82) is 0 Å². The van der Waals surface area contributed by atoms with Crippen LogP contribution < -0.4 is 5.32 Å². The van der Waals surface area contributed by atoms with Crippen LogP contribution in [0.25, 0.3) is 0 Å². The summed E-state index contributed by atoms with van der Waals surface area (Å²) in [6, 6.07) is 6.34. The fourth-order valence-corrected chi connectivity index (χ4v) is 1.75. The van der Waals surface area contributed by atoms with Crippen molar-refractivity contribution in [1.82, 2.24) is 0 Å². The highest BCUT2D eigenvalue weighted by atomic mass is 32.2. The first-order chi connectivity index (χ1) is 8.36. The van der Waals surface area contributed by atoms with E-state index in [9.17, 15) is 9.00 Å². The summed E-state index contributed by atoms with van der Waals surface area (Å²) in [5, 5.41) is 3.01. The van der Waals surface area contributed by atoms with E-state index in [1.807, 2.05) is 0 Å². The second-order valence-corrected chi connectivity index (χ2v) is 5.21. The number of anilines is 1. The van der Waals surface area contributed by atoms with Crippen LogP contribution in [-0.2, 0) is 20.6 Å². The topological polar surface area (TPSA) is 75.6 Å². The Labute approximate surface area is 109 Å². The molecular weight excluding hydrogens is 254 g/mol. The van der Waals surface area contributed by atoms with Gasteiger partial charge in [0, 0.05) is 5.69 Å². The molecule has 0 aliphatic carbocycles. The highest BCUT2D eigenvalue weighted by Crippen LogP contribution is 2.18. The van der Waals surface area contributed by atoms with Gasteiger partial charge in [0.05, 0.1) is 11.5 Å². The lowest BCUT2D eigenvalue weighted by molar-refractivity contribution is -0.147. The van der Waals surface area contributed by atoms with Crippen molar-refractivity contribution in [3.63, 3.8) is 0 Å². The molecule has 0 heterocycles. The SMILES string of the molecule is CCOC(=O)C(C)(C)Nc1ccc(S(=O)O)cc1. The third-order valence-corrected chi connectivity index (χ3v) is 2.97. The lowest BCUT2D eigenvalue weighted by atomic mass is 10.1. The number of hydrogen-bond acceptors (Lipinski definition) is 4. The van der Waals surface area contributed by atoms with Crippen LogP contribution in [0.3, 0.4) is 0 Å². The molecule has 0 amide bonds. The average Bonchev–Trinajstić information content (AvgIpc) is 2.29. The van der Waals surface area contributed by atoms with Gasteiger partial charge < -0.3 is 14.6 Å². The van der Waals surface area contributed by atoms with E-state index < -0.39 is 16.6 Å². The number of rotatable bonds is 5. The van der Waals surface area contributed by atoms with Crippen LogP contribution in [-0.4, -0.2) is 26.9 Å². The maximum absolute atomic E-state index is 11.7. The first kappa shape index (κ1) is 14.7. The number of benzene rings is 1. The van der Waals surface area contributed by atoms with Gasteiger partial charge in [-0.2, -0.15) is 0 Å². The van der Waals surface area contributed by atoms with E-state index in [0.29, 0.717) is 17.2 Å². The Morgan fingerprint density at radius 3 is 2.39 bits per heavy atom. The van der Waals surface area contributed by atoms with Crippen LogP contribution >= 0.6 is 0 Å². The van der Waals surface area contributed by atoms with E-state index in [1.54, 1.807) is 32.9 Å². The Bertz CT molecular complexity index is 442. The summed E-state index contributed by atoms with van der Waals surface area (Å²) >= 11 is -1.99. The molecule has 1 aromatic carbocycles. The summed E-state index contributed by atoms with van der Waals surface area (Å²) in [5.41, 5.74) is -0.169. The van der Waals surface area contributed by atoms with Gasteiger partial charge in [-0.25, -0.2) is 9.00 Å². The molecule has 0 saturated carbocycles. The summed E-state index contributed by atoms with van der Waals surface area (Å²) in [7, 11) is 0. The largest absolute Gasteiger partial charge is 0.464 e. The molecule has 0 radical (unpaired) electrons. The highest BCUT2D eigenvalue weighted by molar-refractivity contribution is 7.79. The summed E-state index contributed by atoms with van der Waals surface area (Å²) < 4.78 is 24.6. The van der Waals surface area contributed by atoms with E-state index in [-0.39, 0.29) is 5.97 Å². The van der Waals surface area contributed by atoms with Crippen molar-refractivity contribution >= 4 is 22.7 Å². The Balaban J connectivity index is 2.78.